The van der Waals surface area contributed by atoms with E-state index in [-0.39, 0.29) is 37.2 Å². The van der Waals surface area contributed by atoms with E-state index >= 15 is 0 Å². The monoisotopic (exact) mass is 458 g/mol. The molecule has 11 heteroatoms. The number of aromatic nitrogens is 2. The molecule has 1 saturated heterocycles. The van der Waals surface area contributed by atoms with E-state index in [1.807, 2.05) is 24.3 Å². The molecule has 0 amide bonds. The van der Waals surface area contributed by atoms with Crippen molar-refractivity contribution in [3.05, 3.63) is 51.3 Å². The lowest BCUT2D eigenvalue weighted by atomic mass is 10.1. The summed E-state index contributed by atoms with van der Waals surface area (Å²) in [4.78, 5) is 35.3. The molecule has 3 rings (SSSR count). The molecule has 0 spiro atoms. The standard InChI is InChI=1S/C21H26N6O4S/c1-2-31-18(28)13-26(21-19(27(29)30)20(22)23-17(14-32)24-21)12-16-7-5-6-15(10-16)11-25-8-3-4-9-25/h5-7,10,14H,2-4,8-9,11-13H2,1H3,(H2,22,23,24). The minimum absolute atomic E-state index is 0.0646. The third-order valence-electron chi connectivity index (χ3n) is 5.09. The summed E-state index contributed by atoms with van der Waals surface area (Å²) in [5, 5.41) is 12.9. The van der Waals surface area contributed by atoms with Crippen LogP contribution in [0, 0.1) is 10.1 Å². The van der Waals surface area contributed by atoms with Crippen LogP contribution in [0.4, 0.5) is 17.3 Å². The van der Waals surface area contributed by atoms with Crippen molar-refractivity contribution < 1.29 is 14.5 Å². The van der Waals surface area contributed by atoms with E-state index in [0.29, 0.717) is 0 Å². The highest BCUT2D eigenvalue weighted by Gasteiger charge is 2.29. The van der Waals surface area contributed by atoms with E-state index in [1.165, 1.54) is 23.1 Å². The number of rotatable bonds is 10. The van der Waals surface area contributed by atoms with Crippen LogP contribution in [0.1, 0.15) is 36.7 Å². The molecule has 2 N–H and O–H groups in total. The maximum atomic E-state index is 12.3. The molecule has 32 heavy (non-hydrogen) atoms. The number of carbonyl (C=O) groups excluding carboxylic acids is 1. The van der Waals surface area contributed by atoms with Gasteiger partial charge >= 0.3 is 11.7 Å². The summed E-state index contributed by atoms with van der Waals surface area (Å²) >= 11 is 4.89. The first-order valence-corrected chi connectivity index (χ1v) is 10.9. The molecule has 1 aromatic carbocycles. The number of nitrogens with zero attached hydrogens (tertiary/aromatic N) is 5. The van der Waals surface area contributed by atoms with E-state index in [9.17, 15) is 14.9 Å². The Morgan fingerprint density at radius 1 is 1.34 bits per heavy atom. The quantitative estimate of drug-likeness (QED) is 0.245. The normalized spacial score (nSPS) is 13.7. The second kappa shape index (κ2) is 10.9. The topological polar surface area (TPSA) is 128 Å². The average molecular weight is 459 g/mol. The Labute approximate surface area is 191 Å². The summed E-state index contributed by atoms with van der Waals surface area (Å²) in [5.74, 6) is -0.852. The van der Waals surface area contributed by atoms with Crippen LogP contribution in [0.25, 0.3) is 0 Å². The fourth-order valence-corrected chi connectivity index (χ4v) is 3.84. The van der Waals surface area contributed by atoms with Crippen molar-refractivity contribution in [3.8, 4) is 0 Å². The van der Waals surface area contributed by atoms with Gasteiger partial charge in [0.1, 0.15) is 6.54 Å². The summed E-state index contributed by atoms with van der Waals surface area (Å²) in [5.41, 5.74) is 7.37. The number of nitro groups is 1. The highest BCUT2D eigenvalue weighted by molar-refractivity contribution is 7.79. The van der Waals surface area contributed by atoms with E-state index in [1.54, 1.807) is 6.92 Å². The number of hydrogen-bond donors (Lipinski definition) is 1. The predicted octanol–water partition coefficient (Wildman–Crippen LogP) is 2.48. The molecule has 10 nitrogen and oxygen atoms in total. The lowest BCUT2D eigenvalue weighted by Gasteiger charge is -2.23. The molecule has 0 saturated carbocycles. The number of anilines is 2. The first-order chi connectivity index (χ1) is 15.4. The van der Waals surface area contributed by atoms with Gasteiger partial charge in [0.05, 0.1) is 11.5 Å². The van der Waals surface area contributed by atoms with Crippen molar-refractivity contribution in [2.45, 2.75) is 32.9 Å². The van der Waals surface area contributed by atoms with Crippen LogP contribution in [0.15, 0.2) is 24.3 Å². The van der Waals surface area contributed by atoms with Gasteiger partial charge in [0.15, 0.2) is 5.82 Å². The third kappa shape index (κ3) is 5.95. The lowest BCUT2D eigenvalue weighted by molar-refractivity contribution is -0.383. The number of nitrogen functional groups attached to an aromatic ring is 1. The number of carbonyl (C=O) groups is 1. The van der Waals surface area contributed by atoms with Gasteiger partial charge in [0, 0.05) is 18.5 Å². The third-order valence-corrected chi connectivity index (χ3v) is 5.30. The summed E-state index contributed by atoms with van der Waals surface area (Å²) in [6.07, 6.45) is 2.40. The summed E-state index contributed by atoms with van der Waals surface area (Å²) < 4.78 is 5.07. The van der Waals surface area contributed by atoms with Gasteiger partial charge in [-0.3, -0.25) is 19.8 Å². The van der Waals surface area contributed by atoms with Crippen LogP contribution in [0.5, 0.6) is 0 Å². The second-order valence-corrected chi connectivity index (χ2v) is 7.71. The maximum absolute atomic E-state index is 12.3. The van der Waals surface area contributed by atoms with E-state index in [2.05, 4.69) is 14.9 Å². The van der Waals surface area contributed by atoms with Crippen molar-refractivity contribution in [2.24, 2.45) is 0 Å². The van der Waals surface area contributed by atoms with Crippen LogP contribution < -0.4 is 10.6 Å². The van der Waals surface area contributed by atoms with Gasteiger partial charge in [-0.2, -0.15) is 0 Å². The maximum Gasteiger partial charge on any atom is 0.353 e. The van der Waals surface area contributed by atoms with Crippen molar-refractivity contribution in [1.82, 2.24) is 14.9 Å². The Kier molecular flexibility index (Phi) is 8.01. The second-order valence-electron chi connectivity index (χ2n) is 7.48. The molecule has 1 aliphatic heterocycles. The summed E-state index contributed by atoms with van der Waals surface area (Å²) in [6, 6.07) is 7.93. The predicted molar refractivity (Wildman–Crippen MR) is 124 cm³/mol. The number of benzene rings is 1. The fraction of sp³-hybridized carbons (Fsp3) is 0.429. The van der Waals surface area contributed by atoms with E-state index in [4.69, 9.17) is 22.7 Å². The van der Waals surface area contributed by atoms with Crippen LogP contribution in [0.3, 0.4) is 0 Å². The Morgan fingerprint density at radius 2 is 2.06 bits per heavy atom. The minimum Gasteiger partial charge on any atom is -0.465 e. The minimum atomic E-state index is -0.653. The lowest BCUT2D eigenvalue weighted by Crippen LogP contribution is -2.32. The molecule has 0 unspecified atom stereocenters. The smallest absolute Gasteiger partial charge is 0.353 e. The molecule has 1 aromatic heterocycles. The van der Waals surface area contributed by atoms with E-state index < -0.39 is 16.6 Å². The molecular weight excluding hydrogens is 432 g/mol. The van der Waals surface area contributed by atoms with Crippen LogP contribution in [-0.4, -0.2) is 57.4 Å². The molecule has 0 aliphatic carbocycles. The largest absolute Gasteiger partial charge is 0.465 e. The molecule has 1 fully saturated rings. The zero-order valence-electron chi connectivity index (χ0n) is 17.9. The van der Waals surface area contributed by atoms with Gasteiger partial charge in [0.2, 0.25) is 11.6 Å². The van der Waals surface area contributed by atoms with Crippen LogP contribution in [0.2, 0.25) is 0 Å². The number of ether oxygens (including phenoxy) is 1. The zero-order valence-corrected chi connectivity index (χ0v) is 18.7. The molecule has 1 aliphatic rings. The summed E-state index contributed by atoms with van der Waals surface area (Å²) in [7, 11) is 0. The molecule has 0 bridgehead atoms. The first-order valence-electron chi connectivity index (χ1n) is 10.4. The van der Waals surface area contributed by atoms with Crippen LogP contribution >= 0.6 is 12.2 Å². The number of likely N-dealkylation sites (tertiary alicyclic amines) is 1. The highest BCUT2D eigenvalue weighted by atomic mass is 32.1. The Balaban J connectivity index is 1.95. The zero-order chi connectivity index (χ0) is 23.1. The fourth-order valence-electron chi connectivity index (χ4n) is 3.74. The molecule has 2 aromatic rings. The van der Waals surface area contributed by atoms with Gasteiger partial charge in [-0.15, -0.1) is 0 Å². The van der Waals surface area contributed by atoms with Gasteiger partial charge < -0.3 is 15.4 Å². The molecule has 2 heterocycles. The Hall–Kier alpha value is -3.18. The average Bonchev–Trinajstić information content (AvgIpc) is 3.25. The van der Waals surface area contributed by atoms with E-state index in [0.717, 1.165) is 30.8 Å². The van der Waals surface area contributed by atoms with Crippen molar-refractivity contribution >= 4 is 40.9 Å². The number of nitrogens with two attached hydrogens (primary N) is 1. The molecule has 0 radical (unpaired) electrons. The number of esters is 1. The first kappa shape index (κ1) is 23.5. The molecular formula is C21H26N6O4S. The van der Waals surface area contributed by atoms with Crippen LogP contribution in [-0.2, 0) is 22.6 Å². The Morgan fingerprint density at radius 3 is 2.72 bits per heavy atom. The molecule has 170 valence electrons. The summed E-state index contributed by atoms with van der Waals surface area (Å²) in [6.45, 7) is 4.83. The Bertz CT molecular complexity index is 996. The van der Waals surface area contributed by atoms with Gasteiger partial charge in [-0.05, 0) is 44.0 Å². The van der Waals surface area contributed by atoms with Crippen molar-refractivity contribution in [1.29, 1.82) is 0 Å². The molecule has 0 atom stereocenters. The SMILES string of the molecule is CCOC(=O)CN(Cc1cccc(CN2CCCC2)c1)c1nc(C=S)nc(N)c1[N+](=O)[O-]. The highest BCUT2D eigenvalue weighted by Crippen LogP contribution is 2.31. The van der Waals surface area contributed by atoms with Crippen molar-refractivity contribution in [2.75, 3.05) is 36.9 Å². The number of hydrogen-bond acceptors (Lipinski definition) is 10. The van der Waals surface area contributed by atoms with Gasteiger partial charge in [-0.1, -0.05) is 36.5 Å². The number of thiocarbonyl (C=S) groups is 1. The van der Waals surface area contributed by atoms with Gasteiger partial charge in [-0.25, -0.2) is 9.97 Å². The van der Waals surface area contributed by atoms with Crippen molar-refractivity contribution in [3.63, 3.8) is 0 Å². The van der Waals surface area contributed by atoms with Gasteiger partial charge in [0.25, 0.3) is 0 Å².